The van der Waals surface area contributed by atoms with Crippen molar-refractivity contribution in [1.29, 1.82) is 0 Å². The van der Waals surface area contributed by atoms with Crippen molar-refractivity contribution in [2.75, 3.05) is 0 Å². The Kier molecular flexibility index (Phi) is 95.1. The van der Waals surface area contributed by atoms with Gasteiger partial charge in [0.2, 0.25) is 0 Å². The topological polar surface area (TPSA) is 276 Å². The monoisotopic (exact) mass is 1320 g/mol. The SMILES string of the molecule is C.C.CC(=O)CC(C)C.CC(=O)CC(C)C.CC(=O)CC(C)C.CC(=O)CC(C)C.CC(=O)CC(C)C.CC(=O)CCC(=O)CC(C)C.CC(=O)CCC(=O)CC(C)C.CC(=O)CCC(=O)CC(C)C.CC(=O)CCC(=O)CC(C)C.CC(C)CC(=O)CCC(=O)O. The van der Waals surface area contributed by atoms with E-state index in [2.05, 4.69) is 0 Å². The predicted octanol–water partition coefficient (Wildman–Crippen LogP) is 18.7. The van der Waals surface area contributed by atoms with E-state index in [4.69, 9.17) is 5.11 Å². The molecule has 0 unspecified atom stereocenters. The number of rotatable bonds is 35. The van der Waals surface area contributed by atoms with Crippen molar-refractivity contribution in [1.82, 2.24) is 0 Å². The number of carboxylic acids is 1. The molecule has 1 N–H and O–H groups in total. The van der Waals surface area contributed by atoms with E-state index < -0.39 is 5.97 Å². The van der Waals surface area contributed by atoms with Crippen LogP contribution in [-0.4, -0.2) is 92.0 Å². The van der Waals surface area contributed by atoms with E-state index in [1.165, 1.54) is 27.7 Å². The highest BCUT2D eigenvalue weighted by molar-refractivity contribution is 5.87. The van der Waals surface area contributed by atoms with Gasteiger partial charge in [-0.15, -0.1) is 0 Å². The first kappa shape index (κ1) is 114. The van der Waals surface area contributed by atoms with E-state index in [1.54, 1.807) is 34.6 Å². The van der Waals surface area contributed by atoms with Gasteiger partial charge in [0.1, 0.15) is 81.0 Å². The summed E-state index contributed by atoms with van der Waals surface area (Å²) in [5, 5.41) is 8.24. The van der Waals surface area contributed by atoms with E-state index in [-0.39, 0.29) is 109 Å². The summed E-state index contributed by atoms with van der Waals surface area (Å²) in [6.45, 7) is 54.6. The first-order chi connectivity index (χ1) is 40.7. The van der Waals surface area contributed by atoms with Gasteiger partial charge in [-0.25, -0.2) is 0 Å². The van der Waals surface area contributed by atoms with Gasteiger partial charge >= 0.3 is 5.97 Å². The van der Waals surface area contributed by atoms with Crippen molar-refractivity contribution in [3.05, 3.63) is 0 Å². The molecule has 0 heterocycles. The summed E-state index contributed by atoms with van der Waals surface area (Å²) in [5.41, 5.74) is 0. The normalized spacial score (nSPS) is 9.77. The molecule has 0 saturated heterocycles. The fraction of sp³-hybridized carbons (Fsp3) is 0.803. The summed E-state index contributed by atoms with van der Waals surface area (Å²) in [6, 6.07) is 0. The Morgan fingerprint density at radius 2 is 0.293 bits per heavy atom. The lowest BCUT2D eigenvalue weighted by Gasteiger charge is -2.01. The quantitative estimate of drug-likeness (QED) is 0.0617. The molecule has 0 bridgehead atoms. The van der Waals surface area contributed by atoms with Gasteiger partial charge in [-0.05, 0) is 121 Å². The van der Waals surface area contributed by atoms with Crippen molar-refractivity contribution in [3.63, 3.8) is 0 Å². The minimum atomic E-state index is -0.901. The fourth-order valence-electron chi connectivity index (χ4n) is 7.17. The van der Waals surface area contributed by atoms with E-state index in [9.17, 15) is 71.9 Å². The van der Waals surface area contributed by atoms with Crippen LogP contribution in [0.1, 0.15) is 344 Å². The molecule has 0 aromatic heterocycles. The number of carboxylic acid groups (broad SMARTS) is 1. The molecule has 16 heteroatoms. The average molecular weight is 1320 g/mol. The number of carbonyl (C=O) groups excluding carboxylic acids is 14. The van der Waals surface area contributed by atoms with Crippen LogP contribution in [-0.2, 0) is 71.9 Å². The highest BCUT2D eigenvalue weighted by Gasteiger charge is 2.10. The van der Waals surface area contributed by atoms with Crippen LogP contribution in [0, 0.1) is 59.2 Å². The van der Waals surface area contributed by atoms with Crippen molar-refractivity contribution >= 4 is 86.9 Å². The van der Waals surface area contributed by atoms with E-state index >= 15 is 0 Å². The zero-order valence-corrected chi connectivity index (χ0v) is 63.0. The smallest absolute Gasteiger partial charge is 0.303 e. The minimum Gasteiger partial charge on any atom is -0.481 e. The molecular weight excluding hydrogens is 1170 g/mol. The van der Waals surface area contributed by atoms with E-state index in [1.807, 2.05) is 138 Å². The third kappa shape index (κ3) is 167. The summed E-state index contributed by atoms with van der Waals surface area (Å²) in [6.07, 6.45) is 9.99. The Labute approximate surface area is 564 Å². The highest BCUT2D eigenvalue weighted by Crippen LogP contribution is 2.09. The number of Topliss-reactive ketones (excluding diaryl/α,β-unsaturated/α-hetero) is 14. The van der Waals surface area contributed by atoms with Crippen LogP contribution in [0.15, 0.2) is 0 Å². The van der Waals surface area contributed by atoms with Crippen molar-refractivity contribution < 1.29 is 77.0 Å². The maximum atomic E-state index is 11.0. The van der Waals surface area contributed by atoms with Crippen LogP contribution < -0.4 is 0 Å². The summed E-state index contributed by atoms with van der Waals surface area (Å²) >= 11 is 0. The van der Waals surface area contributed by atoms with Gasteiger partial charge in [-0.2, -0.15) is 0 Å². The van der Waals surface area contributed by atoms with E-state index in [0.29, 0.717) is 143 Å². The van der Waals surface area contributed by atoms with Gasteiger partial charge in [-0.3, -0.25) is 28.8 Å². The third-order valence-electron chi connectivity index (χ3n) is 10.3. The second-order valence-corrected chi connectivity index (χ2v) is 27.9. The molecule has 0 aliphatic heterocycles. The Balaban J connectivity index is -0.0000000776. The maximum Gasteiger partial charge on any atom is 0.303 e. The second-order valence-electron chi connectivity index (χ2n) is 27.9. The first-order valence-corrected chi connectivity index (χ1v) is 33.0. The molecule has 0 saturated carbocycles. The molecule has 0 aromatic rings. The van der Waals surface area contributed by atoms with Crippen LogP contribution in [0.4, 0.5) is 0 Å². The Morgan fingerprint density at radius 3 is 0.359 bits per heavy atom. The first-order valence-electron chi connectivity index (χ1n) is 33.0. The highest BCUT2D eigenvalue weighted by atomic mass is 16.4. The summed E-state index contributed by atoms with van der Waals surface area (Å²) in [5.74, 6) is 6.39. The number of ketones is 14. The molecule has 0 aliphatic carbocycles. The van der Waals surface area contributed by atoms with Crippen molar-refractivity contribution in [2.24, 2.45) is 59.2 Å². The second kappa shape index (κ2) is 76.6. The van der Waals surface area contributed by atoms with Crippen LogP contribution in [0.2, 0.25) is 0 Å². The summed E-state index contributed by atoms with van der Waals surface area (Å²) < 4.78 is 0. The van der Waals surface area contributed by atoms with Gasteiger partial charge < -0.3 is 48.3 Å². The van der Waals surface area contributed by atoms with E-state index in [0.717, 1.165) is 32.1 Å². The maximum absolute atomic E-state index is 11.0. The molecule has 0 radical (unpaired) electrons. The molecule has 0 rings (SSSR count). The lowest BCUT2D eigenvalue weighted by molar-refractivity contribution is -0.138. The average Bonchev–Trinajstić information content (AvgIpc) is 3.29. The van der Waals surface area contributed by atoms with Crippen molar-refractivity contribution in [3.8, 4) is 0 Å². The standard InChI is InChI=1S/4C9H16O2.C8H14O3.5C6H12O.2CH4/c4*1-7(2)6-9(11)5-4-8(3)10;1-6(2)5-7(9)3-4-8(10)11;5*1-5(2)4-6(3)7;;/h4*7H,4-6H2,1-3H3;6H,3-5H2,1-2H3,(H,10,11);5*5H,4H2,1-3H3;2*1H4. The summed E-state index contributed by atoms with van der Waals surface area (Å²) in [7, 11) is 0. The fourth-order valence-corrected chi connectivity index (χ4v) is 7.17. The molecule has 0 aliphatic rings. The molecule has 16 nitrogen and oxygen atoms in total. The summed E-state index contributed by atoms with van der Waals surface area (Å²) in [4.78, 5) is 158. The molecule has 0 spiro atoms. The van der Waals surface area contributed by atoms with Gasteiger partial charge in [0.05, 0.1) is 6.42 Å². The Morgan fingerprint density at radius 1 is 0.185 bits per heavy atom. The molecule has 0 atom stereocenters. The van der Waals surface area contributed by atoms with Crippen LogP contribution in [0.3, 0.4) is 0 Å². The van der Waals surface area contributed by atoms with Crippen LogP contribution >= 0.6 is 0 Å². The predicted molar refractivity (Wildman–Crippen MR) is 383 cm³/mol. The molecule has 0 amide bonds. The number of carbonyl (C=O) groups is 15. The lowest BCUT2D eigenvalue weighted by Crippen LogP contribution is -2.05. The molecule has 0 aromatic carbocycles. The number of hydrogen-bond donors (Lipinski definition) is 1. The molecule has 92 heavy (non-hydrogen) atoms. The Bertz CT molecular complexity index is 1650. The zero-order chi connectivity index (χ0) is 73.6. The van der Waals surface area contributed by atoms with Crippen LogP contribution in [0.5, 0.6) is 0 Å². The molecular formula is C76H146O16. The van der Waals surface area contributed by atoms with Crippen LogP contribution in [0.25, 0.3) is 0 Å². The molecule has 0 fully saturated rings. The third-order valence-corrected chi connectivity index (χ3v) is 10.3. The van der Waals surface area contributed by atoms with Gasteiger partial charge in [0.15, 0.2) is 0 Å². The lowest BCUT2D eigenvalue weighted by atomic mass is 10.0. The molecule has 546 valence electrons. The number of hydrogen-bond acceptors (Lipinski definition) is 15. The number of aliphatic carboxylic acids is 1. The largest absolute Gasteiger partial charge is 0.481 e. The van der Waals surface area contributed by atoms with Crippen molar-refractivity contribution in [2.45, 2.75) is 344 Å². The van der Waals surface area contributed by atoms with Gasteiger partial charge in [-0.1, -0.05) is 153 Å². The Hall–Kier alpha value is -5.15. The zero-order valence-electron chi connectivity index (χ0n) is 63.0. The van der Waals surface area contributed by atoms with Gasteiger partial charge in [0.25, 0.3) is 0 Å². The van der Waals surface area contributed by atoms with Gasteiger partial charge in [0, 0.05) is 122 Å². The minimum absolute atomic E-state index is 0.